The van der Waals surface area contributed by atoms with Gasteiger partial charge in [0, 0.05) is 6.04 Å². The zero-order valence-corrected chi connectivity index (χ0v) is 10.8. The Morgan fingerprint density at radius 2 is 1.18 bits per heavy atom. The first-order chi connectivity index (χ1) is 8.38. The van der Waals surface area contributed by atoms with Crippen molar-refractivity contribution in [2.75, 3.05) is 0 Å². The minimum atomic E-state index is -1.29. The molecule has 0 unspecified atom stereocenters. The van der Waals surface area contributed by atoms with Gasteiger partial charge in [0.05, 0.1) is 0 Å². The van der Waals surface area contributed by atoms with E-state index in [4.69, 9.17) is 8.85 Å². The smallest absolute Gasteiger partial charge is 0.510 e. The molecule has 0 saturated carbocycles. The molecule has 1 radical (unpaired) electrons. The van der Waals surface area contributed by atoms with E-state index in [2.05, 4.69) is 6.92 Å². The summed E-state index contributed by atoms with van der Waals surface area (Å²) in [5.74, 6) is 1.75. The molecule has 87 valence electrons. The summed E-state index contributed by atoms with van der Waals surface area (Å²) in [4.78, 5) is 0. The van der Waals surface area contributed by atoms with Crippen LogP contribution in [0, 0.1) is 0 Å². The van der Waals surface area contributed by atoms with Gasteiger partial charge in [-0.25, -0.2) is 0 Å². The van der Waals surface area contributed by atoms with Gasteiger partial charge in [-0.3, -0.25) is 0 Å². The fourth-order valence-electron chi connectivity index (χ4n) is 1.41. The molecule has 0 fully saturated rings. The van der Waals surface area contributed by atoms with Gasteiger partial charge in [0.25, 0.3) is 0 Å². The van der Waals surface area contributed by atoms with Crippen LogP contribution in [0.5, 0.6) is 11.5 Å². The fraction of sp³-hybridized carbons (Fsp3) is 0.143. The summed E-state index contributed by atoms with van der Waals surface area (Å²) in [6.07, 6.45) is 0. The van der Waals surface area contributed by atoms with Crippen LogP contribution in [-0.4, -0.2) is 9.28 Å². The summed E-state index contributed by atoms with van der Waals surface area (Å²) in [6.45, 7) is 2.08. The molecule has 0 amide bonds. The van der Waals surface area contributed by atoms with Crippen molar-refractivity contribution in [3.8, 4) is 11.5 Å². The molecule has 17 heavy (non-hydrogen) atoms. The molecule has 2 nitrogen and oxygen atoms in total. The molecule has 3 heteroatoms. The van der Waals surface area contributed by atoms with E-state index < -0.39 is 9.28 Å². The summed E-state index contributed by atoms with van der Waals surface area (Å²) in [5.41, 5.74) is 0. The van der Waals surface area contributed by atoms with Gasteiger partial charge < -0.3 is 8.85 Å². The van der Waals surface area contributed by atoms with Crippen LogP contribution in [-0.2, 0) is 0 Å². The minimum Gasteiger partial charge on any atom is -0.510 e. The maximum atomic E-state index is 5.85. The lowest BCUT2D eigenvalue weighted by molar-refractivity contribution is 0.423. The third kappa shape index (κ3) is 3.64. The first kappa shape index (κ1) is 11.7. The Labute approximate surface area is 104 Å². The molecule has 0 bridgehead atoms. The highest BCUT2D eigenvalue weighted by molar-refractivity contribution is 6.46. The van der Waals surface area contributed by atoms with Gasteiger partial charge in [-0.05, 0) is 24.3 Å². The van der Waals surface area contributed by atoms with Gasteiger partial charge in [-0.1, -0.05) is 43.3 Å². The first-order valence-corrected chi connectivity index (χ1v) is 7.22. The van der Waals surface area contributed by atoms with Crippen molar-refractivity contribution in [1.29, 1.82) is 0 Å². The molecule has 0 atom stereocenters. The molecule has 0 aliphatic heterocycles. The van der Waals surface area contributed by atoms with Crippen LogP contribution in [0.25, 0.3) is 0 Å². The van der Waals surface area contributed by atoms with E-state index in [1.165, 1.54) is 0 Å². The molecular formula is C14H15O2Si. The number of hydrogen-bond donors (Lipinski definition) is 0. The number of para-hydroxylation sites is 2. The highest BCUT2D eigenvalue weighted by Crippen LogP contribution is 2.15. The highest BCUT2D eigenvalue weighted by atomic mass is 28.3. The SMILES string of the molecule is CC[Si](Oc1ccccc1)Oc1ccccc1. The Balaban J connectivity index is 1.98. The van der Waals surface area contributed by atoms with Crippen molar-refractivity contribution in [3.63, 3.8) is 0 Å². The molecule has 2 aromatic carbocycles. The molecule has 0 spiro atoms. The second kappa shape index (κ2) is 6.11. The van der Waals surface area contributed by atoms with E-state index in [-0.39, 0.29) is 0 Å². The number of rotatable bonds is 5. The normalized spacial score (nSPS) is 10.2. The second-order valence-corrected chi connectivity index (χ2v) is 5.42. The molecule has 2 aromatic rings. The van der Waals surface area contributed by atoms with Crippen LogP contribution in [0.2, 0.25) is 6.04 Å². The van der Waals surface area contributed by atoms with Crippen molar-refractivity contribution in [2.24, 2.45) is 0 Å². The highest BCUT2D eigenvalue weighted by Gasteiger charge is 2.17. The maximum Gasteiger partial charge on any atom is 0.532 e. The predicted octanol–water partition coefficient (Wildman–Crippen LogP) is 3.65. The quantitative estimate of drug-likeness (QED) is 0.746. The van der Waals surface area contributed by atoms with E-state index in [1.54, 1.807) is 0 Å². The van der Waals surface area contributed by atoms with Crippen molar-refractivity contribution >= 4 is 9.28 Å². The van der Waals surface area contributed by atoms with Gasteiger partial charge in [-0.15, -0.1) is 0 Å². The fourth-order valence-corrected chi connectivity index (χ4v) is 2.53. The molecule has 0 heterocycles. The van der Waals surface area contributed by atoms with Crippen LogP contribution in [0.15, 0.2) is 60.7 Å². The van der Waals surface area contributed by atoms with Gasteiger partial charge in [0.15, 0.2) is 0 Å². The van der Waals surface area contributed by atoms with Crippen LogP contribution >= 0.6 is 0 Å². The first-order valence-electron chi connectivity index (χ1n) is 5.70. The largest absolute Gasteiger partial charge is 0.532 e. The van der Waals surface area contributed by atoms with Crippen LogP contribution in [0.1, 0.15) is 6.92 Å². The Bertz CT molecular complexity index is 389. The molecule has 0 aromatic heterocycles. The van der Waals surface area contributed by atoms with Gasteiger partial charge in [-0.2, -0.15) is 0 Å². The minimum absolute atomic E-state index is 0.874. The standard InChI is InChI=1S/C14H15O2Si/c1-2-17(15-13-9-5-3-6-10-13)16-14-11-7-4-8-12-14/h3-12H,2H2,1H3. The Kier molecular flexibility index (Phi) is 4.21. The third-order valence-electron chi connectivity index (χ3n) is 2.24. The molecular weight excluding hydrogens is 228 g/mol. The summed E-state index contributed by atoms with van der Waals surface area (Å²) < 4.78 is 11.7. The lowest BCUT2D eigenvalue weighted by atomic mass is 10.3. The van der Waals surface area contributed by atoms with Crippen molar-refractivity contribution in [2.45, 2.75) is 13.0 Å². The lowest BCUT2D eigenvalue weighted by Crippen LogP contribution is -2.28. The zero-order chi connectivity index (χ0) is 11.9. The molecule has 0 N–H and O–H groups in total. The van der Waals surface area contributed by atoms with E-state index in [1.807, 2.05) is 60.7 Å². The van der Waals surface area contributed by atoms with Crippen LogP contribution in [0.3, 0.4) is 0 Å². The van der Waals surface area contributed by atoms with Gasteiger partial charge in [0.2, 0.25) is 0 Å². The number of benzene rings is 2. The van der Waals surface area contributed by atoms with Gasteiger partial charge in [0.1, 0.15) is 11.5 Å². The molecule has 0 aliphatic rings. The van der Waals surface area contributed by atoms with Crippen LogP contribution < -0.4 is 8.85 Å². The summed E-state index contributed by atoms with van der Waals surface area (Å²) in [6, 6.07) is 20.5. The zero-order valence-electron chi connectivity index (χ0n) is 9.80. The summed E-state index contributed by atoms with van der Waals surface area (Å²) in [5, 5.41) is 0. The van der Waals surface area contributed by atoms with E-state index in [0.29, 0.717) is 0 Å². The van der Waals surface area contributed by atoms with Gasteiger partial charge >= 0.3 is 9.28 Å². The Morgan fingerprint density at radius 1 is 0.765 bits per heavy atom. The summed E-state index contributed by atoms with van der Waals surface area (Å²) in [7, 11) is -1.29. The lowest BCUT2D eigenvalue weighted by Gasteiger charge is -2.15. The maximum absolute atomic E-state index is 5.85. The van der Waals surface area contributed by atoms with Crippen molar-refractivity contribution in [3.05, 3.63) is 60.7 Å². The average Bonchev–Trinajstić information content (AvgIpc) is 2.40. The second-order valence-electron chi connectivity index (χ2n) is 3.56. The van der Waals surface area contributed by atoms with E-state index in [0.717, 1.165) is 17.5 Å². The molecule has 0 saturated heterocycles. The van der Waals surface area contributed by atoms with E-state index >= 15 is 0 Å². The van der Waals surface area contributed by atoms with Crippen molar-refractivity contribution < 1.29 is 8.85 Å². The Morgan fingerprint density at radius 3 is 1.53 bits per heavy atom. The van der Waals surface area contributed by atoms with Crippen LogP contribution in [0.4, 0.5) is 0 Å². The monoisotopic (exact) mass is 243 g/mol. The van der Waals surface area contributed by atoms with E-state index in [9.17, 15) is 0 Å². The summed E-state index contributed by atoms with van der Waals surface area (Å²) >= 11 is 0. The molecule has 2 rings (SSSR count). The molecule has 0 aliphatic carbocycles. The average molecular weight is 243 g/mol. The van der Waals surface area contributed by atoms with Crippen molar-refractivity contribution in [1.82, 2.24) is 0 Å². The third-order valence-corrected chi connectivity index (χ3v) is 3.74. The predicted molar refractivity (Wildman–Crippen MR) is 70.4 cm³/mol. The topological polar surface area (TPSA) is 18.5 Å². The number of hydrogen-bond acceptors (Lipinski definition) is 2. The Hall–Kier alpha value is -1.74.